The van der Waals surface area contributed by atoms with Crippen LogP contribution in [-0.4, -0.2) is 35.9 Å². The van der Waals surface area contributed by atoms with Crippen molar-refractivity contribution in [1.29, 1.82) is 0 Å². The number of aryl methyl sites for hydroxylation is 1. The van der Waals surface area contributed by atoms with Crippen LogP contribution in [0.2, 0.25) is 0 Å². The number of aliphatic hydroxyl groups excluding tert-OH is 1. The van der Waals surface area contributed by atoms with Gasteiger partial charge in [0.05, 0.1) is 18.4 Å². The molecule has 0 amide bonds. The van der Waals surface area contributed by atoms with Crippen molar-refractivity contribution in [2.75, 3.05) is 14.2 Å². The molecule has 0 fully saturated rings. The SMILES string of the molecule is C=Cc1c(/C=C\C)nc(-c2ccc(-c3ccc(C)cc3)cc2)c(OC)c1C(C)=O.CC(C)=O.CCCC.CO. The highest BCUT2D eigenvalue weighted by Crippen LogP contribution is 2.37. The number of nitrogens with zero attached hydrogens (tertiary/aromatic N) is 1. The van der Waals surface area contributed by atoms with E-state index in [-0.39, 0.29) is 11.6 Å². The first-order valence-electron chi connectivity index (χ1n) is 13.1. The van der Waals surface area contributed by atoms with Crippen molar-refractivity contribution in [2.45, 2.75) is 61.3 Å². The average molecular weight is 532 g/mol. The zero-order valence-corrected chi connectivity index (χ0v) is 25.1. The molecule has 0 saturated carbocycles. The maximum atomic E-state index is 12.4. The van der Waals surface area contributed by atoms with Crippen LogP contribution >= 0.6 is 0 Å². The van der Waals surface area contributed by atoms with Crippen LogP contribution in [0.25, 0.3) is 34.5 Å². The number of carbonyl (C=O) groups excluding carboxylic acids is 2. The van der Waals surface area contributed by atoms with Gasteiger partial charge in [-0.15, -0.1) is 0 Å². The first-order chi connectivity index (χ1) is 18.6. The highest BCUT2D eigenvalue weighted by Gasteiger charge is 2.22. The lowest BCUT2D eigenvalue weighted by atomic mass is 9.96. The number of hydrogen-bond acceptors (Lipinski definition) is 5. The fourth-order valence-corrected chi connectivity index (χ4v) is 3.40. The molecule has 210 valence electrons. The Hall–Kier alpha value is -3.83. The number of Topliss-reactive ketones (excluding diaryl/α,β-unsaturated/α-hetero) is 2. The van der Waals surface area contributed by atoms with Gasteiger partial charge >= 0.3 is 0 Å². The molecule has 39 heavy (non-hydrogen) atoms. The fourth-order valence-electron chi connectivity index (χ4n) is 3.40. The highest BCUT2D eigenvalue weighted by molar-refractivity contribution is 6.03. The molecular weight excluding hydrogens is 486 g/mol. The second-order valence-electron chi connectivity index (χ2n) is 8.78. The van der Waals surface area contributed by atoms with E-state index in [1.807, 2.05) is 31.2 Å². The Labute approximate surface area is 235 Å². The number of rotatable bonds is 7. The van der Waals surface area contributed by atoms with Gasteiger partial charge < -0.3 is 14.6 Å². The van der Waals surface area contributed by atoms with E-state index in [1.54, 1.807) is 13.2 Å². The number of unbranched alkanes of at least 4 members (excludes halogenated alkanes) is 1. The molecule has 0 unspecified atom stereocenters. The van der Waals surface area contributed by atoms with Crippen LogP contribution in [0.3, 0.4) is 0 Å². The standard InChI is InChI=1S/C26H25NO2.C4H10.C3H6O.CH4O/c1-6-8-23-22(7-2)24(18(4)28)26(29-5)25(27-23)21-15-13-20(14-16-21)19-11-9-17(3)10-12-19;1-3-4-2;1-3(2)4;1-2/h6-16H,2H2,1,3-5H3;3-4H2,1-2H3;1-2H3;2H,1H3/b8-6-;;;. The maximum Gasteiger partial charge on any atom is 0.164 e. The molecule has 5 nitrogen and oxygen atoms in total. The second kappa shape index (κ2) is 19.3. The molecule has 0 bridgehead atoms. The summed E-state index contributed by atoms with van der Waals surface area (Å²) in [6, 6.07) is 16.6. The summed E-state index contributed by atoms with van der Waals surface area (Å²) >= 11 is 0. The van der Waals surface area contributed by atoms with E-state index in [2.05, 4.69) is 63.7 Å². The van der Waals surface area contributed by atoms with Gasteiger partial charge in [0.15, 0.2) is 11.5 Å². The Morgan fingerprint density at radius 1 is 0.897 bits per heavy atom. The van der Waals surface area contributed by atoms with E-state index in [0.29, 0.717) is 28.3 Å². The number of aliphatic hydroxyl groups is 1. The topological polar surface area (TPSA) is 76.5 Å². The Bertz CT molecular complexity index is 1200. The maximum absolute atomic E-state index is 12.4. The van der Waals surface area contributed by atoms with Gasteiger partial charge in [0.1, 0.15) is 11.5 Å². The van der Waals surface area contributed by atoms with Crippen molar-refractivity contribution in [3.05, 3.63) is 83.6 Å². The zero-order chi connectivity index (χ0) is 30.0. The number of methoxy groups -OCH3 is 1. The Kier molecular flexibility index (Phi) is 17.4. The molecule has 1 aromatic heterocycles. The molecule has 3 aromatic rings. The van der Waals surface area contributed by atoms with E-state index < -0.39 is 0 Å². The summed E-state index contributed by atoms with van der Waals surface area (Å²) in [5.41, 5.74) is 6.93. The van der Waals surface area contributed by atoms with Crippen LogP contribution < -0.4 is 4.74 Å². The van der Waals surface area contributed by atoms with E-state index >= 15 is 0 Å². The monoisotopic (exact) mass is 531 g/mol. The largest absolute Gasteiger partial charge is 0.494 e. The molecule has 0 saturated heterocycles. The lowest BCUT2D eigenvalue weighted by Gasteiger charge is -2.17. The van der Waals surface area contributed by atoms with Gasteiger partial charge in [-0.05, 0) is 51.8 Å². The number of ketones is 2. The molecule has 3 rings (SSSR count). The highest BCUT2D eigenvalue weighted by atomic mass is 16.5. The number of ether oxygens (including phenoxy) is 1. The summed E-state index contributed by atoms with van der Waals surface area (Å²) in [5, 5.41) is 7.00. The zero-order valence-electron chi connectivity index (χ0n) is 25.1. The van der Waals surface area contributed by atoms with E-state index in [9.17, 15) is 9.59 Å². The number of pyridine rings is 1. The smallest absolute Gasteiger partial charge is 0.164 e. The predicted octanol–water partition coefficient (Wildman–Crippen LogP) is 8.62. The van der Waals surface area contributed by atoms with Crippen molar-refractivity contribution in [1.82, 2.24) is 4.98 Å². The summed E-state index contributed by atoms with van der Waals surface area (Å²) in [6.45, 7) is 16.8. The lowest BCUT2D eigenvalue weighted by Crippen LogP contribution is -2.07. The van der Waals surface area contributed by atoms with E-state index in [4.69, 9.17) is 14.8 Å². The molecule has 0 aliphatic rings. The number of hydrogen-bond donors (Lipinski definition) is 1. The Morgan fingerprint density at radius 2 is 1.33 bits per heavy atom. The quantitative estimate of drug-likeness (QED) is 0.309. The number of benzene rings is 2. The third kappa shape index (κ3) is 11.2. The van der Waals surface area contributed by atoms with Crippen molar-refractivity contribution in [2.24, 2.45) is 0 Å². The molecule has 1 heterocycles. The lowest BCUT2D eigenvalue weighted by molar-refractivity contribution is -0.115. The van der Waals surface area contributed by atoms with Crippen LogP contribution in [0, 0.1) is 6.92 Å². The van der Waals surface area contributed by atoms with Crippen LogP contribution in [0.4, 0.5) is 0 Å². The van der Waals surface area contributed by atoms with E-state index in [1.165, 1.54) is 39.2 Å². The van der Waals surface area contributed by atoms with Gasteiger partial charge in [0, 0.05) is 18.2 Å². The van der Waals surface area contributed by atoms with Gasteiger partial charge in [-0.25, -0.2) is 4.98 Å². The van der Waals surface area contributed by atoms with Gasteiger partial charge in [0.2, 0.25) is 0 Å². The van der Waals surface area contributed by atoms with Crippen LogP contribution in [0.1, 0.15) is 81.6 Å². The molecular formula is C34H45NO4. The third-order valence-corrected chi connectivity index (χ3v) is 5.35. The fraction of sp³-hybridized carbons (Fsp3) is 0.324. The Balaban J connectivity index is 0.00000125. The number of aromatic nitrogens is 1. The van der Waals surface area contributed by atoms with Crippen molar-refractivity contribution >= 4 is 23.7 Å². The number of allylic oxidation sites excluding steroid dienone is 1. The molecule has 0 atom stereocenters. The van der Waals surface area contributed by atoms with E-state index in [0.717, 1.165) is 23.8 Å². The minimum atomic E-state index is -0.0811. The summed E-state index contributed by atoms with van der Waals surface area (Å²) in [6.07, 6.45) is 8.08. The Morgan fingerprint density at radius 3 is 1.69 bits per heavy atom. The first-order valence-corrected chi connectivity index (χ1v) is 13.1. The van der Waals surface area contributed by atoms with Gasteiger partial charge in [-0.2, -0.15) is 0 Å². The van der Waals surface area contributed by atoms with Crippen LogP contribution in [0.15, 0.2) is 61.2 Å². The van der Waals surface area contributed by atoms with Crippen molar-refractivity contribution in [3.63, 3.8) is 0 Å². The van der Waals surface area contributed by atoms with Gasteiger partial charge in [0.25, 0.3) is 0 Å². The minimum absolute atomic E-state index is 0.0811. The molecule has 5 heteroatoms. The van der Waals surface area contributed by atoms with Gasteiger partial charge in [-0.1, -0.05) is 99.5 Å². The average Bonchev–Trinajstić information content (AvgIpc) is 2.94. The van der Waals surface area contributed by atoms with Crippen molar-refractivity contribution in [3.8, 4) is 28.1 Å². The summed E-state index contributed by atoms with van der Waals surface area (Å²) in [4.78, 5) is 26.7. The van der Waals surface area contributed by atoms with Crippen LogP contribution in [-0.2, 0) is 4.79 Å². The molecule has 0 aliphatic heterocycles. The van der Waals surface area contributed by atoms with Crippen molar-refractivity contribution < 1.29 is 19.4 Å². The molecule has 2 aromatic carbocycles. The molecule has 1 N–H and O–H groups in total. The third-order valence-electron chi connectivity index (χ3n) is 5.35. The predicted molar refractivity (Wildman–Crippen MR) is 166 cm³/mol. The molecule has 0 spiro atoms. The number of carbonyl (C=O) groups is 2. The summed E-state index contributed by atoms with van der Waals surface area (Å²) in [5.74, 6) is 0.561. The first kappa shape index (κ1) is 35.2. The van der Waals surface area contributed by atoms with Crippen LogP contribution in [0.5, 0.6) is 5.75 Å². The minimum Gasteiger partial charge on any atom is -0.494 e. The summed E-state index contributed by atoms with van der Waals surface area (Å²) < 4.78 is 5.64. The second-order valence-corrected chi connectivity index (χ2v) is 8.78. The molecule has 0 radical (unpaired) electrons. The molecule has 0 aliphatic carbocycles. The normalized spacial score (nSPS) is 9.69. The van der Waals surface area contributed by atoms with Gasteiger partial charge in [-0.3, -0.25) is 4.79 Å². The summed E-state index contributed by atoms with van der Waals surface area (Å²) in [7, 11) is 2.57.